The van der Waals surface area contributed by atoms with E-state index < -0.39 is 5.91 Å². The third-order valence-corrected chi connectivity index (χ3v) is 3.96. The molecule has 0 aliphatic heterocycles. The third kappa shape index (κ3) is 2.55. The van der Waals surface area contributed by atoms with E-state index in [-0.39, 0.29) is 22.2 Å². The molecule has 1 atom stereocenters. The fourth-order valence-corrected chi connectivity index (χ4v) is 2.76. The molecule has 0 saturated heterocycles. The van der Waals surface area contributed by atoms with Crippen molar-refractivity contribution in [2.24, 2.45) is 5.73 Å². The third-order valence-electron chi connectivity index (χ3n) is 2.81. The number of pyridine rings is 1. The maximum absolute atomic E-state index is 11.3. The lowest BCUT2D eigenvalue weighted by Crippen LogP contribution is -2.10. The summed E-state index contributed by atoms with van der Waals surface area (Å²) in [5.41, 5.74) is 12.3. The molecule has 0 saturated carbocycles. The van der Waals surface area contributed by atoms with Gasteiger partial charge >= 0.3 is 0 Å². The Balaban J connectivity index is 2.33. The minimum atomic E-state index is -0.633. The van der Waals surface area contributed by atoms with Gasteiger partial charge in [0.15, 0.2) is 0 Å². The summed E-state index contributed by atoms with van der Waals surface area (Å²) in [6.45, 7) is 1.93. The van der Waals surface area contributed by atoms with Crippen LogP contribution in [0.4, 0.5) is 10.7 Å². The highest BCUT2D eigenvalue weighted by molar-refractivity contribution is 7.18. The van der Waals surface area contributed by atoms with Gasteiger partial charge in [-0.2, -0.15) is 5.26 Å². The molecular formula is C13H13N5OS. The number of carbonyl (C=O) groups excluding carboxylic acids is 1. The molecule has 0 aromatic carbocycles. The minimum Gasteiger partial charge on any atom is -0.396 e. The van der Waals surface area contributed by atoms with Crippen LogP contribution in [-0.4, -0.2) is 10.9 Å². The maximum atomic E-state index is 11.3. The fourth-order valence-electron chi connectivity index (χ4n) is 1.75. The van der Waals surface area contributed by atoms with Gasteiger partial charge in [-0.15, -0.1) is 11.3 Å². The van der Waals surface area contributed by atoms with Gasteiger partial charge in [-0.25, -0.2) is 0 Å². The second kappa shape index (κ2) is 5.59. The molecule has 20 heavy (non-hydrogen) atoms. The molecule has 0 spiro atoms. The smallest absolute Gasteiger partial charge is 0.261 e. The number of carbonyl (C=O) groups is 1. The lowest BCUT2D eigenvalue weighted by Gasteiger charge is -2.13. The van der Waals surface area contributed by atoms with Gasteiger partial charge < -0.3 is 16.8 Å². The van der Waals surface area contributed by atoms with E-state index >= 15 is 0 Å². The first-order valence-electron chi connectivity index (χ1n) is 5.83. The standard InChI is InChI=1S/C13H13N5OS/c1-7(8-3-2-4-17-6-8)18-13-9(5-14)10(15)11(20-13)12(16)19/h2-4,6-7,18H,15H2,1H3,(H2,16,19). The van der Waals surface area contributed by atoms with E-state index in [0.29, 0.717) is 5.00 Å². The number of anilines is 2. The molecule has 2 aromatic heterocycles. The first-order valence-corrected chi connectivity index (χ1v) is 6.64. The van der Waals surface area contributed by atoms with Gasteiger partial charge in [0.25, 0.3) is 5.91 Å². The Labute approximate surface area is 120 Å². The van der Waals surface area contributed by atoms with Crippen LogP contribution < -0.4 is 16.8 Å². The van der Waals surface area contributed by atoms with Gasteiger partial charge in [0, 0.05) is 12.4 Å². The normalized spacial score (nSPS) is 11.6. The van der Waals surface area contributed by atoms with Gasteiger partial charge in [0.1, 0.15) is 21.5 Å². The quantitative estimate of drug-likeness (QED) is 0.793. The molecule has 0 fully saturated rings. The summed E-state index contributed by atoms with van der Waals surface area (Å²) >= 11 is 1.09. The predicted molar refractivity (Wildman–Crippen MR) is 78.2 cm³/mol. The van der Waals surface area contributed by atoms with Crippen molar-refractivity contribution in [3.8, 4) is 6.07 Å². The van der Waals surface area contributed by atoms with E-state index in [4.69, 9.17) is 16.7 Å². The molecule has 0 aliphatic carbocycles. The lowest BCUT2D eigenvalue weighted by atomic mass is 10.1. The summed E-state index contributed by atoms with van der Waals surface area (Å²) in [7, 11) is 0. The van der Waals surface area contributed by atoms with Crippen molar-refractivity contribution in [2.45, 2.75) is 13.0 Å². The molecule has 6 nitrogen and oxygen atoms in total. The van der Waals surface area contributed by atoms with Crippen LogP contribution in [-0.2, 0) is 0 Å². The summed E-state index contributed by atoms with van der Waals surface area (Å²) in [4.78, 5) is 15.5. The Morgan fingerprint density at radius 2 is 2.35 bits per heavy atom. The van der Waals surface area contributed by atoms with Gasteiger partial charge in [-0.1, -0.05) is 6.07 Å². The number of hydrogen-bond acceptors (Lipinski definition) is 6. The topological polar surface area (TPSA) is 118 Å². The summed E-state index contributed by atoms with van der Waals surface area (Å²) in [6, 6.07) is 5.67. The molecule has 102 valence electrons. The molecule has 0 aliphatic rings. The zero-order valence-electron chi connectivity index (χ0n) is 10.8. The molecular weight excluding hydrogens is 274 g/mol. The molecule has 1 unspecified atom stereocenters. The average molecular weight is 287 g/mol. The zero-order valence-corrected chi connectivity index (χ0v) is 11.6. The molecule has 0 bridgehead atoms. The monoisotopic (exact) mass is 287 g/mol. The van der Waals surface area contributed by atoms with E-state index in [9.17, 15) is 4.79 Å². The number of nitrogens with one attached hydrogen (secondary N) is 1. The highest BCUT2D eigenvalue weighted by Gasteiger charge is 2.20. The van der Waals surface area contributed by atoms with Crippen molar-refractivity contribution in [3.63, 3.8) is 0 Å². The van der Waals surface area contributed by atoms with Crippen molar-refractivity contribution in [2.75, 3.05) is 11.1 Å². The Morgan fingerprint density at radius 1 is 1.60 bits per heavy atom. The van der Waals surface area contributed by atoms with Crippen LogP contribution >= 0.6 is 11.3 Å². The SMILES string of the molecule is CC(Nc1sc(C(N)=O)c(N)c1C#N)c1cccnc1. The van der Waals surface area contributed by atoms with Gasteiger partial charge in [0.05, 0.1) is 11.7 Å². The first kappa shape index (κ1) is 13.8. The Hall–Kier alpha value is -2.59. The van der Waals surface area contributed by atoms with E-state index in [1.165, 1.54) is 0 Å². The Kier molecular flexibility index (Phi) is 3.86. The van der Waals surface area contributed by atoms with Gasteiger partial charge in [0.2, 0.25) is 0 Å². The molecule has 1 amide bonds. The molecule has 7 heteroatoms. The van der Waals surface area contributed by atoms with Crippen LogP contribution in [0.5, 0.6) is 0 Å². The summed E-state index contributed by atoms with van der Waals surface area (Å²) in [5, 5.41) is 12.8. The zero-order chi connectivity index (χ0) is 14.7. The molecule has 2 aromatic rings. The second-order valence-electron chi connectivity index (χ2n) is 4.18. The highest BCUT2D eigenvalue weighted by atomic mass is 32.1. The molecule has 0 radical (unpaired) electrons. The fraction of sp³-hybridized carbons (Fsp3) is 0.154. The van der Waals surface area contributed by atoms with Crippen LogP contribution in [0.3, 0.4) is 0 Å². The first-order chi connectivity index (χ1) is 9.54. The van der Waals surface area contributed by atoms with Gasteiger partial charge in [-0.05, 0) is 18.6 Å². The molecule has 2 rings (SSSR count). The van der Waals surface area contributed by atoms with Crippen molar-refractivity contribution < 1.29 is 4.79 Å². The van der Waals surface area contributed by atoms with Crippen molar-refractivity contribution in [3.05, 3.63) is 40.5 Å². The Bertz CT molecular complexity index is 674. The van der Waals surface area contributed by atoms with Gasteiger partial charge in [-0.3, -0.25) is 9.78 Å². The number of amides is 1. The average Bonchev–Trinajstić information content (AvgIpc) is 2.76. The summed E-state index contributed by atoms with van der Waals surface area (Å²) < 4.78 is 0. The highest BCUT2D eigenvalue weighted by Crippen LogP contribution is 2.36. The number of nitrogen functional groups attached to an aromatic ring is 1. The lowest BCUT2D eigenvalue weighted by molar-refractivity contribution is 0.100. The van der Waals surface area contributed by atoms with E-state index in [1.54, 1.807) is 12.4 Å². The summed E-state index contributed by atoms with van der Waals surface area (Å²) in [5.74, 6) is -0.633. The Morgan fingerprint density at radius 3 is 2.90 bits per heavy atom. The van der Waals surface area contributed by atoms with E-state index in [1.807, 2.05) is 25.1 Å². The van der Waals surface area contributed by atoms with Crippen LogP contribution in [0, 0.1) is 11.3 Å². The van der Waals surface area contributed by atoms with E-state index in [0.717, 1.165) is 16.9 Å². The number of nitriles is 1. The van der Waals surface area contributed by atoms with Crippen LogP contribution in [0.15, 0.2) is 24.5 Å². The number of thiophene rings is 1. The molecule has 5 N–H and O–H groups in total. The van der Waals surface area contributed by atoms with E-state index in [2.05, 4.69) is 10.3 Å². The minimum absolute atomic E-state index is 0.0745. The predicted octanol–water partition coefficient (Wildman–Crippen LogP) is 1.87. The number of aromatic nitrogens is 1. The summed E-state index contributed by atoms with van der Waals surface area (Å²) in [6.07, 6.45) is 3.42. The number of rotatable bonds is 4. The maximum Gasteiger partial charge on any atom is 0.261 e. The van der Waals surface area contributed by atoms with Crippen LogP contribution in [0.2, 0.25) is 0 Å². The number of nitrogens with two attached hydrogens (primary N) is 2. The van der Waals surface area contributed by atoms with Crippen LogP contribution in [0.1, 0.15) is 33.8 Å². The number of hydrogen-bond donors (Lipinski definition) is 3. The van der Waals surface area contributed by atoms with Crippen molar-refractivity contribution in [1.29, 1.82) is 5.26 Å². The number of primary amides is 1. The number of nitrogens with zero attached hydrogens (tertiary/aromatic N) is 2. The largest absolute Gasteiger partial charge is 0.396 e. The second-order valence-corrected chi connectivity index (χ2v) is 5.20. The van der Waals surface area contributed by atoms with Crippen molar-refractivity contribution >= 4 is 27.9 Å². The van der Waals surface area contributed by atoms with Crippen LogP contribution in [0.25, 0.3) is 0 Å². The van der Waals surface area contributed by atoms with Crippen molar-refractivity contribution in [1.82, 2.24) is 4.98 Å². The molecule has 2 heterocycles.